The van der Waals surface area contributed by atoms with Crippen LogP contribution < -0.4 is 15.6 Å². The number of nitrogens with one attached hydrogen (secondary N) is 2. The number of rotatable bonds is 3. The van der Waals surface area contributed by atoms with Crippen LogP contribution >= 0.6 is 11.6 Å². The van der Waals surface area contributed by atoms with Crippen LogP contribution in [0.2, 0.25) is 5.02 Å². The highest BCUT2D eigenvalue weighted by atomic mass is 35.5. The summed E-state index contributed by atoms with van der Waals surface area (Å²) < 4.78 is 37.5. The van der Waals surface area contributed by atoms with E-state index in [1.54, 1.807) is 20.8 Å². The third-order valence-electron chi connectivity index (χ3n) is 2.54. The van der Waals surface area contributed by atoms with Gasteiger partial charge >= 0.3 is 6.09 Å². The Hall–Kier alpha value is -2.09. The van der Waals surface area contributed by atoms with Crippen molar-refractivity contribution >= 4 is 23.6 Å². The number of hydrazine groups is 1. The Labute approximate surface area is 143 Å². The molecule has 0 saturated heterocycles. The summed E-state index contributed by atoms with van der Waals surface area (Å²) in [5, 5.41) is -0.147. The molecule has 0 bridgehead atoms. The van der Waals surface area contributed by atoms with Gasteiger partial charge in [0, 0.05) is 5.02 Å². The fraction of sp³-hybridized carbons (Fsp3) is 0.467. The Kier molecular flexibility index (Phi) is 5.99. The molecule has 1 rings (SSSR count). The summed E-state index contributed by atoms with van der Waals surface area (Å²) in [6, 6.07) is 1.71. The third-order valence-corrected chi connectivity index (χ3v) is 2.76. The van der Waals surface area contributed by atoms with Crippen molar-refractivity contribution < 1.29 is 27.8 Å². The van der Waals surface area contributed by atoms with Gasteiger partial charge in [-0.2, -0.15) is 0 Å². The van der Waals surface area contributed by atoms with E-state index >= 15 is 0 Å². The molecule has 2 amide bonds. The Morgan fingerprint density at radius 1 is 1.04 bits per heavy atom. The lowest BCUT2D eigenvalue weighted by molar-refractivity contribution is -0.135. The van der Waals surface area contributed by atoms with Crippen molar-refractivity contribution in [3.63, 3.8) is 0 Å². The number of carbonyl (C=O) groups is 2. The van der Waals surface area contributed by atoms with Crippen molar-refractivity contribution in [3.8, 4) is 5.75 Å². The number of hydrogen-bond acceptors (Lipinski definition) is 4. The molecular weight excluding hydrogens is 346 g/mol. The lowest BCUT2D eigenvalue weighted by atomic mass is 10.1. The summed E-state index contributed by atoms with van der Waals surface area (Å²) in [7, 11) is 0. The zero-order valence-corrected chi connectivity index (χ0v) is 14.7. The second-order valence-corrected chi connectivity index (χ2v) is 6.83. The second-order valence-electron chi connectivity index (χ2n) is 6.39. The largest absolute Gasteiger partial charge is 0.472 e. The molecule has 2 N–H and O–H groups in total. The summed E-state index contributed by atoms with van der Waals surface area (Å²) in [5.74, 6) is -3.71. The maximum atomic E-state index is 13.7. The Morgan fingerprint density at radius 2 is 1.54 bits per heavy atom. The number of amides is 2. The van der Waals surface area contributed by atoms with Gasteiger partial charge < -0.3 is 9.47 Å². The summed E-state index contributed by atoms with van der Waals surface area (Å²) in [5.41, 5.74) is 1.63. The summed E-state index contributed by atoms with van der Waals surface area (Å²) >= 11 is 5.52. The molecule has 0 atom stereocenters. The molecule has 0 aromatic heterocycles. The molecule has 0 aliphatic carbocycles. The maximum absolute atomic E-state index is 13.7. The van der Waals surface area contributed by atoms with E-state index in [1.807, 2.05) is 5.43 Å². The van der Waals surface area contributed by atoms with Gasteiger partial charge in [-0.25, -0.2) is 19.0 Å². The van der Waals surface area contributed by atoms with Crippen LogP contribution in [0.4, 0.5) is 13.6 Å². The standard InChI is InChI=1S/C15H19ClF2N2O4/c1-14(2,3)24-13(22)20-19-12(21)15(4,5)23-11-9(17)6-8(16)7-10(11)18/h6-7H,1-5H3,(H,19,21)(H,20,22). The quantitative estimate of drug-likeness (QED) is 0.806. The average Bonchev–Trinajstić information content (AvgIpc) is 2.38. The molecular formula is C15H19ClF2N2O4. The smallest absolute Gasteiger partial charge is 0.426 e. The van der Waals surface area contributed by atoms with Crippen molar-refractivity contribution in [2.75, 3.05) is 0 Å². The van der Waals surface area contributed by atoms with Crippen LogP contribution in [-0.4, -0.2) is 23.2 Å². The Bertz CT molecular complexity index is 622. The molecule has 134 valence electrons. The van der Waals surface area contributed by atoms with Crippen LogP contribution in [0, 0.1) is 11.6 Å². The average molecular weight is 365 g/mol. The molecule has 6 nitrogen and oxygen atoms in total. The molecule has 0 heterocycles. The van der Waals surface area contributed by atoms with E-state index in [1.165, 1.54) is 13.8 Å². The van der Waals surface area contributed by atoms with Gasteiger partial charge in [0.1, 0.15) is 5.60 Å². The molecule has 0 aliphatic rings. The molecule has 0 saturated carbocycles. The summed E-state index contributed by atoms with van der Waals surface area (Å²) in [4.78, 5) is 23.5. The van der Waals surface area contributed by atoms with E-state index in [-0.39, 0.29) is 5.02 Å². The maximum Gasteiger partial charge on any atom is 0.426 e. The van der Waals surface area contributed by atoms with Crippen LogP contribution in [-0.2, 0) is 9.53 Å². The minimum atomic E-state index is -1.69. The fourth-order valence-electron chi connectivity index (χ4n) is 1.49. The number of ether oxygens (including phenoxy) is 2. The molecule has 0 fully saturated rings. The molecule has 0 aliphatic heterocycles. The minimum Gasteiger partial charge on any atom is -0.472 e. The normalized spacial score (nSPS) is 11.7. The molecule has 0 spiro atoms. The zero-order valence-electron chi connectivity index (χ0n) is 13.9. The van der Waals surface area contributed by atoms with Crippen molar-refractivity contribution in [2.24, 2.45) is 0 Å². The van der Waals surface area contributed by atoms with Crippen molar-refractivity contribution in [3.05, 3.63) is 28.8 Å². The first kappa shape index (κ1) is 20.0. The van der Waals surface area contributed by atoms with Crippen LogP contribution in [0.25, 0.3) is 0 Å². The molecule has 1 aromatic rings. The van der Waals surface area contributed by atoms with E-state index in [2.05, 4.69) is 5.43 Å². The highest BCUT2D eigenvalue weighted by molar-refractivity contribution is 6.30. The molecule has 0 radical (unpaired) electrons. The van der Waals surface area contributed by atoms with Gasteiger partial charge in [0.15, 0.2) is 23.0 Å². The Balaban J connectivity index is 2.75. The van der Waals surface area contributed by atoms with E-state index in [0.29, 0.717) is 0 Å². The number of benzene rings is 1. The van der Waals surface area contributed by atoms with Gasteiger partial charge in [-0.15, -0.1) is 0 Å². The van der Waals surface area contributed by atoms with Crippen LogP contribution in [0.5, 0.6) is 5.75 Å². The summed E-state index contributed by atoms with van der Waals surface area (Å²) in [6.45, 7) is 7.48. The second kappa shape index (κ2) is 7.21. The molecule has 0 unspecified atom stereocenters. The highest BCUT2D eigenvalue weighted by Crippen LogP contribution is 2.28. The van der Waals surface area contributed by atoms with Gasteiger partial charge in [-0.05, 0) is 46.8 Å². The van der Waals surface area contributed by atoms with Crippen molar-refractivity contribution in [2.45, 2.75) is 45.8 Å². The Morgan fingerprint density at radius 3 is 2.00 bits per heavy atom. The number of carbonyl (C=O) groups excluding carboxylic acids is 2. The van der Waals surface area contributed by atoms with Crippen molar-refractivity contribution in [1.82, 2.24) is 10.9 Å². The molecule has 9 heteroatoms. The van der Waals surface area contributed by atoms with Crippen molar-refractivity contribution in [1.29, 1.82) is 0 Å². The van der Waals surface area contributed by atoms with E-state index in [4.69, 9.17) is 21.1 Å². The molecule has 1 aromatic carbocycles. The van der Waals surface area contributed by atoms with Crippen LogP contribution in [0.1, 0.15) is 34.6 Å². The van der Waals surface area contributed by atoms with Gasteiger partial charge in [0.2, 0.25) is 0 Å². The van der Waals surface area contributed by atoms with Gasteiger partial charge in [-0.3, -0.25) is 10.2 Å². The number of halogens is 3. The monoisotopic (exact) mass is 364 g/mol. The molecule has 24 heavy (non-hydrogen) atoms. The summed E-state index contributed by atoms with van der Waals surface area (Å²) in [6.07, 6.45) is -0.893. The van der Waals surface area contributed by atoms with Crippen LogP contribution in [0.3, 0.4) is 0 Å². The zero-order chi connectivity index (χ0) is 18.7. The van der Waals surface area contributed by atoms with Crippen LogP contribution in [0.15, 0.2) is 12.1 Å². The predicted octanol–water partition coefficient (Wildman–Crippen LogP) is 3.33. The van der Waals surface area contributed by atoms with E-state index in [0.717, 1.165) is 12.1 Å². The lowest BCUT2D eigenvalue weighted by Gasteiger charge is -2.26. The first-order chi connectivity index (χ1) is 10.8. The van der Waals surface area contributed by atoms with Gasteiger partial charge in [0.25, 0.3) is 5.91 Å². The van der Waals surface area contributed by atoms with Gasteiger partial charge in [0.05, 0.1) is 0 Å². The third kappa shape index (κ3) is 5.84. The first-order valence-corrected chi connectivity index (χ1v) is 7.32. The highest BCUT2D eigenvalue weighted by Gasteiger charge is 2.33. The minimum absolute atomic E-state index is 0.147. The predicted molar refractivity (Wildman–Crippen MR) is 83.6 cm³/mol. The van der Waals surface area contributed by atoms with E-state index < -0.39 is 40.6 Å². The fourth-order valence-corrected chi connectivity index (χ4v) is 1.68. The SMILES string of the molecule is CC(C)(C)OC(=O)NNC(=O)C(C)(C)Oc1c(F)cc(Cl)cc1F. The first-order valence-electron chi connectivity index (χ1n) is 6.95. The topological polar surface area (TPSA) is 76.7 Å². The lowest BCUT2D eigenvalue weighted by Crippen LogP contribution is -2.53. The van der Waals surface area contributed by atoms with E-state index in [9.17, 15) is 18.4 Å². The number of hydrogen-bond donors (Lipinski definition) is 2. The van der Waals surface area contributed by atoms with Gasteiger partial charge in [-0.1, -0.05) is 11.6 Å².